The zero-order valence-corrected chi connectivity index (χ0v) is 16.8. The molecule has 0 saturated carbocycles. The van der Waals surface area contributed by atoms with Crippen LogP contribution in [0.5, 0.6) is 11.5 Å². The van der Waals surface area contributed by atoms with E-state index in [0.29, 0.717) is 17.1 Å². The molecule has 0 aliphatic rings. The Morgan fingerprint density at radius 3 is 2.34 bits per heavy atom. The van der Waals surface area contributed by atoms with Gasteiger partial charge in [0.1, 0.15) is 11.5 Å². The lowest BCUT2D eigenvalue weighted by molar-refractivity contribution is 0.102. The van der Waals surface area contributed by atoms with Crippen LogP contribution in [0.2, 0.25) is 5.02 Å². The minimum atomic E-state index is -3.90. The molecule has 0 radical (unpaired) electrons. The molecular formula is C20H17ClN2O5S. The van der Waals surface area contributed by atoms with Crippen LogP contribution in [0.1, 0.15) is 10.4 Å². The van der Waals surface area contributed by atoms with Gasteiger partial charge >= 0.3 is 0 Å². The van der Waals surface area contributed by atoms with Gasteiger partial charge in [0.2, 0.25) is 0 Å². The summed E-state index contributed by atoms with van der Waals surface area (Å²) in [6.07, 6.45) is 0. The summed E-state index contributed by atoms with van der Waals surface area (Å²) in [5, 5.41) is 12.1. The number of nitrogens with one attached hydrogen (secondary N) is 2. The average Bonchev–Trinajstić information content (AvgIpc) is 2.71. The van der Waals surface area contributed by atoms with Crippen LogP contribution < -0.4 is 14.8 Å². The Morgan fingerprint density at radius 2 is 1.69 bits per heavy atom. The summed E-state index contributed by atoms with van der Waals surface area (Å²) >= 11 is 5.83. The first-order valence-electron chi connectivity index (χ1n) is 8.35. The molecule has 0 spiro atoms. The second kappa shape index (κ2) is 8.42. The number of phenols is 1. The van der Waals surface area contributed by atoms with Crippen molar-refractivity contribution in [2.24, 2.45) is 0 Å². The number of rotatable bonds is 6. The van der Waals surface area contributed by atoms with Gasteiger partial charge < -0.3 is 15.2 Å². The van der Waals surface area contributed by atoms with Crippen LogP contribution in [-0.4, -0.2) is 26.5 Å². The number of anilines is 2. The first-order valence-corrected chi connectivity index (χ1v) is 10.2. The lowest BCUT2D eigenvalue weighted by Gasteiger charge is -2.11. The molecule has 0 bridgehead atoms. The topological polar surface area (TPSA) is 105 Å². The Hall–Kier alpha value is -3.23. The third-order valence-electron chi connectivity index (χ3n) is 3.95. The Balaban J connectivity index is 1.79. The summed E-state index contributed by atoms with van der Waals surface area (Å²) in [6.45, 7) is 0. The van der Waals surface area contributed by atoms with E-state index in [2.05, 4.69) is 10.0 Å². The SMILES string of the molecule is COc1ccc(NS(=O)(=O)c2cccc(C(=O)Nc3ccc(O)c(Cl)c3)c2)cc1. The Labute approximate surface area is 173 Å². The van der Waals surface area contributed by atoms with Crippen LogP contribution in [-0.2, 0) is 10.0 Å². The van der Waals surface area contributed by atoms with Gasteiger partial charge in [-0.2, -0.15) is 0 Å². The summed E-state index contributed by atoms with van der Waals surface area (Å²) in [4.78, 5) is 12.4. The van der Waals surface area contributed by atoms with E-state index in [9.17, 15) is 18.3 Å². The van der Waals surface area contributed by atoms with Crippen LogP contribution in [0.25, 0.3) is 0 Å². The van der Waals surface area contributed by atoms with Crippen molar-refractivity contribution in [3.05, 3.63) is 77.3 Å². The van der Waals surface area contributed by atoms with E-state index in [4.69, 9.17) is 16.3 Å². The summed E-state index contributed by atoms with van der Waals surface area (Å²) < 4.78 is 32.8. The molecule has 3 aromatic rings. The molecule has 3 N–H and O–H groups in total. The number of methoxy groups -OCH3 is 1. The number of hydrogen-bond donors (Lipinski definition) is 3. The summed E-state index contributed by atoms with van der Waals surface area (Å²) in [7, 11) is -2.38. The predicted octanol–water partition coefficient (Wildman–Crippen LogP) is 4.11. The number of benzene rings is 3. The molecule has 3 aromatic carbocycles. The van der Waals surface area contributed by atoms with Crippen molar-refractivity contribution in [1.82, 2.24) is 0 Å². The monoisotopic (exact) mass is 432 g/mol. The highest BCUT2D eigenvalue weighted by Crippen LogP contribution is 2.26. The summed E-state index contributed by atoms with van der Waals surface area (Å²) in [5.41, 5.74) is 0.869. The van der Waals surface area contributed by atoms with Gasteiger partial charge in [0.15, 0.2) is 0 Å². The third-order valence-corrected chi connectivity index (χ3v) is 5.64. The zero-order chi connectivity index (χ0) is 21.0. The summed E-state index contributed by atoms with van der Waals surface area (Å²) in [5.74, 6) is -0.0310. The highest BCUT2D eigenvalue weighted by molar-refractivity contribution is 7.92. The fourth-order valence-electron chi connectivity index (χ4n) is 2.47. The van der Waals surface area contributed by atoms with Gasteiger partial charge in [-0.1, -0.05) is 17.7 Å². The van der Waals surface area contributed by atoms with E-state index in [-0.39, 0.29) is 21.2 Å². The number of halogens is 1. The van der Waals surface area contributed by atoms with Crippen molar-refractivity contribution in [3.8, 4) is 11.5 Å². The number of phenolic OH excluding ortho intramolecular Hbond substituents is 1. The maximum absolute atomic E-state index is 12.7. The first kappa shape index (κ1) is 20.5. The highest BCUT2D eigenvalue weighted by Gasteiger charge is 2.17. The average molecular weight is 433 g/mol. The molecule has 9 heteroatoms. The largest absolute Gasteiger partial charge is 0.506 e. The van der Waals surface area contributed by atoms with Crippen LogP contribution in [0, 0.1) is 0 Å². The van der Waals surface area contributed by atoms with Crippen LogP contribution in [0.3, 0.4) is 0 Å². The number of hydrogen-bond acceptors (Lipinski definition) is 5. The normalized spacial score (nSPS) is 11.0. The molecule has 0 aliphatic heterocycles. The molecule has 150 valence electrons. The van der Waals surface area contributed by atoms with Crippen molar-refractivity contribution in [2.45, 2.75) is 4.90 Å². The number of amides is 1. The Morgan fingerprint density at radius 1 is 1.00 bits per heavy atom. The van der Waals surface area contributed by atoms with E-state index in [1.54, 1.807) is 24.3 Å². The molecule has 0 aromatic heterocycles. The van der Waals surface area contributed by atoms with Gasteiger partial charge in [-0.15, -0.1) is 0 Å². The van der Waals surface area contributed by atoms with Gasteiger partial charge in [-0.25, -0.2) is 8.42 Å². The van der Waals surface area contributed by atoms with Gasteiger partial charge in [0.25, 0.3) is 15.9 Å². The number of aromatic hydroxyl groups is 1. The molecule has 0 unspecified atom stereocenters. The molecule has 0 fully saturated rings. The van der Waals surface area contributed by atoms with Crippen molar-refractivity contribution < 1.29 is 23.1 Å². The second-order valence-electron chi connectivity index (χ2n) is 5.98. The predicted molar refractivity (Wildman–Crippen MR) is 111 cm³/mol. The molecule has 7 nitrogen and oxygen atoms in total. The number of sulfonamides is 1. The summed E-state index contributed by atoms with van der Waals surface area (Å²) in [6, 6.07) is 16.2. The second-order valence-corrected chi connectivity index (χ2v) is 8.07. The number of carbonyl (C=O) groups is 1. The maximum Gasteiger partial charge on any atom is 0.261 e. The van der Waals surface area contributed by atoms with Gasteiger partial charge in [-0.3, -0.25) is 9.52 Å². The molecular weight excluding hydrogens is 416 g/mol. The van der Waals surface area contributed by atoms with Crippen LogP contribution in [0.4, 0.5) is 11.4 Å². The minimum absolute atomic E-state index is 0.0651. The molecule has 29 heavy (non-hydrogen) atoms. The molecule has 3 rings (SSSR count). The maximum atomic E-state index is 12.7. The first-order chi connectivity index (χ1) is 13.8. The standard InChI is InChI=1S/C20H17ClN2O5S/c1-28-16-8-5-14(6-9-16)23-29(26,27)17-4-2-3-13(11-17)20(25)22-15-7-10-19(24)18(21)12-15/h2-12,23-24H,1H3,(H,22,25). The molecule has 0 atom stereocenters. The molecule has 0 aliphatic carbocycles. The van der Waals surface area contributed by atoms with Gasteiger partial charge in [0.05, 0.1) is 17.0 Å². The van der Waals surface area contributed by atoms with Crippen molar-refractivity contribution in [1.29, 1.82) is 0 Å². The van der Waals surface area contributed by atoms with Crippen LogP contribution in [0.15, 0.2) is 71.6 Å². The van der Waals surface area contributed by atoms with Crippen molar-refractivity contribution >= 4 is 38.9 Å². The number of ether oxygens (including phenoxy) is 1. The molecule has 0 saturated heterocycles. The fraction of sp³-hybridized carbons (Fsp3) is 0.0500. The highest BCUT2D eigenvalue weighted by atomic mass is 35.5. The Kier molecular flexibility index (Phi) is 5.95. The van der Waals surface area contributed by atoms with E-state index in [0.717, 1.165) is 0 Å². The van der Waals surface area contributed by atoms with Crippen LogP contribution >= 0.6 is 11.6 Å². The third kappa shape index (κ3) is 4.98. The molecule has 1 amide bonds. The van der Waals surface area contributed by atoms with Crippen molar-refractivity contribution in [2.75, 3.05) is 17.1 Å². The Bertz CT molecular complexity index is 1150. The minimum Gasteiger partial charge on any atom is -0.506 e. The van der Waals surface area contributed by atoms with E-state index in [1.807, 2.05) is 0 Å². The smallest absolute Gasteiger partial charge is 0.261 e. The quantitative estimate of drug-likeness (QED) is 0.508. The van der Waals surface area contributed by atoms with Gasteiger partial charge in [-0.05, 0) is 60.7 Å². The zero-order valence-electron chi connectivity index (χ0n) is 15.2. The lowest BCUT2D eigenvalue weighted by atomic mass is 10.2. The number of carbonyl (C=O) groups excluding carboxylic acids is 1. The van der Waals surface area contributed by atoms with E-state index < -0.39 is 15.9 Å². The van der Waals surface area contributed by atoms with E-state index >= 15 is 0 Å². The van der Waals surface area contributed by atoms with Crippen molar-refractivity contribution in [3.63, 3.8) is 0 Å². The molecule has 0 heterocycles. The van der Waals surface area contributed by atoms with E-state index in [1.165, 1.54) is 49.6 Å². The van der Waals surface area contributed by atoms with Gasteiger partial charge in [0, 0.05) is 16.9 Å². The lowest BCUT2D eigenvalue weighted by Crippen LogP contribution is -2.16. The fourth-order valence-corrected chi connectivity index (χ4v) is 3.75.